The Balaban J connectivity index is 1.38. The number of likely N-dealkylation sites (tertiary alicyclic amines) is 1. The quantitative estimate of drug-likeness (QED) is 0.566. The number of hydrogen-bond donors (Lipinski definition) is 0. The van der Waals surface area contributed by atoms with Gasteiger partial charge in [-0.2, -0.15) is 0 Å². The molecule has 3 aromatic rings. The number of fused-ring (bicyclic) bond motifs is 5. The van der Waals surface area contributed by atoms with E-state index >= 15 is 0 Å². The number of benzene rings is 2. The molecule has 2 fully saturated rings. The highest BCUT2D eigenvalue weighted by molar-refractivity contribution is 5.87. The number of carbonyl (C=O) groups excluding carboxylic acids is 1. The number of carbonyl (C=O) groups is 1. The lowest BCUT2D eigenvalue weighted by atomic mass is 9.79. The molecule has 2 aliphatic heterocycles. The number of aromatic nitrogens is 1. The SMILES string of the molecule is O=C(C1CCCCC1)N1C[C@@H]2C[C@H](C1)c1c(-c3ccc4ccccc4c3)ccc(=O)n1C2. The van der Waals surface area contributed by atoms with E-state index in [1.165, 1.54) is 30.0 Å². The van der Waals surface area contributed by atoms with Crippen LogP contribution in [-0.2, 0) is 11.3 Å². The molecule has 2 atom stereocenters. The zero-order valence-corrected chi connectivity index (χ0v) is 18.5. The number of pyridine rings is 1. The van der Waals surface area contributed by atoms with Gasteiger partial charge in [0.1, 0.15) is 0 Å². The van der Waals surface area contributed by atoms with Crippen LogP contribution in [0, 0.1) is 11.8 Å². The smallest absolute Gasteiger partial charge is 0.250 e. The summed E-state index contributed by atoms with van der Waals surface area (Å²) in [6.45, 7) is 2.27. The summed E-state index contributed by atoms with van der Waals surface area (Å²) in [5.41, 5.74) is 3.52. The molecule has 1 saturated heterocycles. The van der Waals surface area contributed by atoms with E-state index in [1.807, 2.05) is 10.6 Å². The van der Waals surface area contributed by atoms with Gasteiger partial charge >= 0.3 is 0 Å². The largest absolute Gasteiger partial charge is 0.341 e. The van der Waals surface area contributed by atoms with Crippen molar-refractivity contribution in [2.45, 2.75) is 51.0 Å². The second-order valence-corrected chi connectivity index (χ2v) is 10.0. The maximum atomic E-state index is 13.3. The maximum absolute atomic E-state index is 13.3. The van der Waals surface area contributed by atoms with Crippen LogP contribution in [0.5, 0.6) is 0 Å². The van der Waals surface area contributed by atoms with Gasteiger partial charge in [-0.3, -0.25) is 9.59 Å². The van der Waals surface area contributed by atoms with Crippen molar-refractivity contribution >= 4 is 16.7 Å². The number of hydrogen-bond acceptors (Lipinski definition) is 2. The molecule has 0 spiro atoms. The van der Waals surface area contributed by atoms with Gasteiger partial charge < -0.3 is 9.47 Å². The van der Waals surface area contributed by atoms with Crippen molar-refractivity contribution in [2.75, 3.05) is 13.1 Å². The van der Waals surface area contributed by atoms with Crippen LogP contribution in [0.15, 0.2) is 59.4 Å². The fourth-order valence-electron chi connectivity index (χ4n) is 6.40. The Morgan fingerprint density at radius 3 is 2.50 bits per heavy atom. The van der Waals surface area contributed by atoms with E-state index in [9.17, 15) is 9.59 Å². The van der Waals surface area contributed by atoms with Gasteiger partial charge in [-0.15, -0.1) is 0 Å². The van der Waals surface area contributed by atoms with Gasteiger partial charge in [0.2, 0.25) is 5.91 Å². The monoisotopic (exact) mass is 426 g/mol. The summed E-state index contributed by atoms with van der Waals surface area (Å²) in [5.74, 6) is 1.17. The lowest BCUT2D eigenvalue weighted by Crippen LogP contribution is -2.51. The molecule has 1 aliphatic carbocycles. The first-order valence-electron chi connectivity index (χ1n) is 12.2. The van der Waals surface area contributed by atoms with Gasteiger partial charge in [0.25, 0.3) is 5.56 Å². The summed E-state index contributed by atoms with van der Waals surface area (Å²) in [5, 5.41) is 2.43. The zero-order valence-electron chi connectivity index (χ0n) is 18.5. The van der Waals surface area contributed by atoms with Crippen molar-refractivity contribution in [3.05, 3.63) is 70.6 Å². The van der Waals surface area contributed by atoms with Gasteiger partial charge in [-0.05, 0) is 53.6 Å². The van der Waals surface area contributed by atoms with E-state index in [-0.39, 0.29) is 17.4 Å². The molecule has 0 radical (unpaired) electrons. The minimum absolute atomic E-state index is 0.0892. The number of piperidine rings is 1. The number of rotatable bonds is 2. The average molecular weight is 427 g/mol. The fourth-order valence-corrected chi connectivity index (χ4v) is 6.40. The van der Waals surface area contributed by atoms with Crippen molar-refractivity contribution in [3.63, 3.8) is 0 Å². The Labute approximate surface area is 188 Å². The first-order valence-corrected chi connectivity index (χ1v) is 12.2. The maximum Gasteiger partial charge on any atom is 0.250 e. The van der Waals surface area contributed by atoms with Gasteiger partial charge in [0.15, 0.2) is 0 Å². The van der Waals surface area contributed by atoms with Crippen LogP contribution < -0.4 is 5.56 Å². The fraction of sp³-hybridized carbons (Fsp3) is 0.429. The van der Waals surface area contributed by atoms with Crippen molar-refractivity contribution in [1.29, 1.82) is 0 Å². The number of nitrogens with zero attached hydrogens (tertiary/aromatic N) is 2. The molecule has 32 heavy (non-hydrogen) atoms. The summed E-state index contributed by atoms with van der Waals surface area (Å²) in [6.07, 6.45) is 6.79. The average Bonchev–Trinajstić information content (AvgIpc) is 2.84. The molecule has 6 rings (SSSR count). The van der Waals surface area contributed by atoms with E-state index in [4.69, 9.17) is 0 Å². The standard InChI is InChI=1S/C28H30N2O2/c31-26-13-12-25(23-11-10-20-6-4-5-9-22(20)15-23)27-24-14-19(17-30(26)27)16-29(18-24)28(32)21-7-2-1-3-8-21/h4-6,9-13,15,19,21,24H,1-3,7-8,14,16-18H2/t19-,24+/m0/s1. The summed E-state index contributed by atoms with van der Waals surface area (Å²) >= 11 is 0. The highest BCUT2D eigenvalue weighted by atomic mass is 16.2. The summed E-state index contributed by atoms with van der Waals surface area (Å²) in [7, 11) is 0. The van der Waals surface area contributed by atoms with Crippen LogP contribution in [0.2, 0.25) is 0 Å². The van der Waals surface area contributed by atoms with E-state index < -0.39 is 0 Å². The molecule has 0 N–H and O–H groups in total. The van der Waals surface area contributed by atoms with Gasteiger partial charge in [-0.1, -0.05) is 55.7 Å². The predicted octanol–water partition coefficient (Wildman–Crippen LogP) is 5.19. The summed E-state index contributed by atoms with van der Waals surface area (Å²) in [6, 6.07) is 18.7. The molecule has 2 bridgehead atoms. The molecule has 3 heterocycles. The van der Waals surface area contributed by atoms with Crippen molar-refractivity contribution in [1.82, 2.24) is 9.47 Å². The lowest BCUT2D eigenvalue weighted by molar-refractivity contribution is -0.139. The van der Waals surface area contributed by atoms with Gasteiger partial charge in [0.05, 0.1) is 0 Å². The third-order valence-electron chi connectivity index (χ3n) is 7.92. The van der Waals surface area contributed by atoms with Crippen LogP contribution in [0.4, 0.5) is 0 Å². The van der Waals surface area contributed by atoms with E-state index in [0.717, 1.165) is 55.7 Å². The van der Waals surface area contributed by atoms with Gasteiger partial charge in [0, 0.05) is 48.8 Å². The van der Waals surface area contributed by atoms with E-state index in [1.54, 1.807) is 6.07 Å². The molecule has 4 heteroatoms. The minimum atomic E-state index is 0.0892. The molecule has 0 unspecified atom stereocenters. The molecule has 2 aromatic carbocycles. The summed E-state index contributed by atoms with van der Waals surface area (Å²) < 4.78 is 2.01. The van der Waals surface area contributed by atoms with Crippen LogP contribution >= 0.6 is 0 Å². The van der Waals surface area contributed by atoms with Crippen LogP contribution in [0.25, 0.3) is 21.9 Å². The second-order valence-electron chi connectivity index (χ2n) is 10.0. The van der Waals surface area contributed by atoms with Crippen LogP contribution in [-0.4, -0.2) is 28.5 Å². The number of amides is 1. The normalized spacial score (nSPS) is 23.2. The molecule has 4 nitrogen and oxygen atoms in total. The Hall–Kier alpha value is -2.88. The third kappa shape index (κ3) is 3.37. The van der Waals surface area contributed by atoms with Crippen molar-refractivity contribution in [2.24, 2.45) is 11.8 Å². The molecule has 1 aromatic heterocycles. The van der Waals surface area contributed by atoms with Crippen molar-refractivity contribution < 1.29 is 4.79 Å². The Bertz CT molecular complexity index is 1240. The van der Waals surface area contributed by atoms with E-state index in [2.05, 4.69) is 47.4 Å². The Kier molecular flexibility index (Phi) is 4.89. The molecule has 3 aliphatic rings. The Morgan fingerprint density at radius 2 is 1.66 bits per heavy atom. The third-order valence-corrected chi connectivity index (χ3v) is 7.92. The molecule has 164 valence electrons. The first kappa shape index (κ1) is 19.8. The van der Waals surface area contributed by atoms with E-state index in [0.29, 0.717) is 11.8 Å². The zero-order chi connectivity index (χ0) is 21.7. The topological polar surface area (TPSA) is 42.3 Å². The molecule has 1 amide bonds. The minimum Gasteiger partial charge on any atom is -0.341 e. The summed E-state index contributed by atoms with van der Waals surface area (Å²) in [4.78, 5) is 28.3. The highest BCUT2D eigenvalue weighted by Crippen LogP contribution is 2.41. The predicted molar refractivity (Wildman–Crippen MR) is 128 cm³/mol. The lowest BCUT2D eigenvalue weighted by Gasteiger charge is -2.44. The second kappa shape index (κ2) is 7.91. The van der Waals surface area contributed by atoms with Crippen molar-refractivity contribution in [3.8, 4) is 11.1 Å². The molecule has 1 saturated carbocycles. The Morgan fingerprint density at radius 1 is 0.844 bits per heavy atom. The first-order chi connectivity index (χ1) is 15.7. The van der Waals surface area contributed by atoms with Gasteiger partial charge in [-0.25, -0.2) is 0 Å². The van der Waals surface area contributed by atoms with Crippen LogP contribution in [0.1, 0.15) is 50.1 Å². The molecular weight excluding hydrogens is 396 g/mol. The molecular formula is C28H30N2O2. The van der Waals surface area contributed by atoms with Crippen LogP contribution in [0.3, 0.4) is 0 Å². The highest BCUT2D eigenvalue weighted by Gasteiger charge is 2.39.